The van der Waals surface area contributed by atoms with Gasteiger partial charge in [-0.3, -0.25) is 14.4 Å². The first-order valence-corrected chi connectivity index (χ1v) is 11.8. The molecule has 0 bridgehead atoms. The summed E-state index contributed by atoms with van der Waals surface area (Å²) in [5, 5.41) is 13.4. The van der Waals surface area contributed by atoms with E-state index < -0.39 is 24.0 Å². The second-order valence-electron chi connectivity index (χ2n) is 8.25. The molecular weight excluding hydrogens is 463 g/mol. The van der Waals surface area contributed by atoms with E-state index in [0.29, 0.717) is 29.4 Å². The standard InChI is InChI=1S/C25H28Cl2N2O4/c1-3-21(24(32)28-4-2)29-23(15-8-10-18(26)11-9-15)20(16-6-5-7-19(27)12-16)13-17(25(29)33)14-22(30)31/h5-12,17,20-21,23H,3-4,13-14H2,1-2H3,(H,28,32)(H,30,31)/t17-,20?,21?,23-/m1/s1. The van der Waals surface area contributed by atoms with Gasteiger partial charge >= 0.3 is 5.97 Å². The summed E-state index contributed by atoms with van der Waals surface area (Å²) in [7, 11) is 0. The molecule has 2 aromatic rings. The number of carbonyl (C=O) groups excluding carboxylic acids is 2. The number of nitrogens with one attached hydrogen (secondary N) is 1. The number of benzene rings is 2. The van der Waals surface area contributed by atoms with E-state index in [9.17, 15) is 19.5 Å². The highest BCUT2D eigenvalue weighted by molar-refractivity contribution is 6.30. The molecule has 4 atom stereocenters. The average molecular weight is 491 g/mol. The summed E-state index contributed by atoms with van der Waals surface area (Å²) in [5.41, 5.74) is 1.72. The van der Waals surface area contributed by atoms with E-state index in [1.54, 1.807) is 23.1 Å². The van der Waals surface area contributed by atoms with Crippen molar-refractivity contribution in [3.8, 4) is 0 Å². The fourth-order valence-electron chi connectivity index (χ4n) is 4.72. The zero-order valence-corrected chi connectivity index (χ0v) is 20.1. The predicted octanol–water partition coefficient (Wildman–Crippen LogP) is 5.06. The van der Waals surface area contributed by atoms with Crippen LogP contribution in [0.3, 0.4) is 0 Å². The normalized spacial score (nSPS) is 21.5. The van der Waals surface area contributed by atoms with Crippen LogP contribution < -0.4 is 5.32 Å². The van der Waals surface area contributed by atoms with Crippen molar-refractivity contribution < 1.29 is 19.5 Å². The molecule has 2 unspecified atom stereocenters. The SMILES string of the molecule is CCNC(=O)C(CC)N1C(=O)[C@@H](CC(=O)O)CC(c2cccc(Cl)c2)[C@H]1c1ccc(Cl)cc1. The summed E-state index contributed by atoms with van der Waals surface area (Å²) in [5.74, 6) is -2.63. The molecule has 1 fully saturated rings. The Morgan fingerprint density at radius 1 is 1.09 bits per heavy atom. The molecule has 33 heavy (non-hydrogen) atoms. The van der Waals surface area contributed by atoms with Crippen LogP contribution in [0.1, 0.15) is 56.2 Å². The van der Waals surface area contributed by atoms with E-state index in [2.05, 4.69) is 5.32 Å². The number of amides is 2. The van der Waals surface area contributed by atoms with Gasteiger partial charge in [0.1, 0.15) is 6.04 Å². The van der Waals surface area contributed by atoms with Crippen LogP contribution in [0.5, 0.6) is 0 Å². The maximum atomic E-state index is 13.7. The molecular formula is C25H28Cl2N2O4. The molecule has 6 nitrogen and oxygen atoms in total. The van der Waals surface area contributed by atoms with Crippen molar-refractivity contribution in [2.24, 2.45) is 5.92 Å². The van der Waals surface area contributed by atoms with Gasteiger partial charge in [0, 0.05) is 28.4 Å². The zero-order valence-electron chi connectivity index (χ0n) is 18.6. The van der Waals surface area contributed by atoms with Gasteiger partial charge in [-0.15, -0.1) is 0 Å². The number of aliphatic carboxylic acids is 1. The number of rotatable bonds is 8. The topological polar surface area (TPSA) is 86.7 Å². The van der Waals surface area contributed by atoms with Crippen LogP contribution in [0.2, 0.25) is 10.0 Å². The van der Waals surface area contributed by atoms with Gasteiger partial charge in [0.2, 0.25) is 11.8 Å². The third-order valence-electron chi connectivity index (χ3n) is 6.11. The highest BCUT2D eigenvalue weighted by Gasteiger charge is 2.47. The molecule has 2 aromatic carbocycles. The summed E-state index contributed by atoms with van der Waals surface area (Å²) in [6, 6.07) is 13.4. The van der Waals surface area contributed by atoms with Gasteiger partial charge < -0.3 is 15.3 Å². The van der Waals surface area contributed by atoms with Crippen LogP contribution >= 0.6 is 23.2 Å². The molecule has 1 saturated heterocycles. The van der Waals surface area contributed by atoms with Gasteiger partial charge in [-0.25, -0.2) is 0 Å². The van der Waals surface area contributed by atoms with Crippen molar-refractivity contribution in [2.45, 2.75) is 51.1 Å². The lowest BCUT2D eigenvalue weighted by molar-refractivity contribution is -0.155. The number of carboxylic acid groups (broad SMARTS) is 1. The van der Waals surface area contributed by atoms with Gasteiger partial charge in [0.15, 0.2) is 0 Å². The van der Waals surface area contributed by atoms with Gasteiger partial charge in [-0.05, 0) is 55.2 Å². The number of hydrogen-bond acceptors (Lipinski definition) is 3. The molecule has 176 valence electrons. The Morgan fingerprint density at radius 3 is 2.36 bits per heavy atom. The number of halogens is 2. The third-order valence-corrected chi connectivity index (χ3v) is 6.60. The van der Waals surface area contributed by atoms with Crippen LogP contribution in [0.25, 0.3) is 0 Å². The van der Waals surface area contributed by atoms with Crippen molar-refractivity contribution in [3.05, 3.63) is 69.7 Å². The second kappa shape index (κ2) is 11.0. The average Bonchev–Trinajstić information content (AvgIpc) is 2.77. The fourth-order valence-corrected chi connectivity index (χ4v) is 5.04. The molecule has 0 aromatic heterocycles. The van der Waals surface area contributed by atoms with Crippen LogP contribution in [0.15, 0.2) is 48.5 Å². The van der Waals surface area contributed by atoms with Gasteiger partial charge in [-0.2, -0.15) is 0 Å². The van der Waals surface area contributed by atoms with E-state index in [4.69, 9.17) is 23.2 Å². The molecule has 1 heterocycles. The summed E-state index contributed by atoms with van der Waals surface area (Å²) in [4.78, 5) is 39.9. The Bertz CT molecular complexity index is 1010. The smallest absolute Gasteiger partial charge is 0.304 e. The van der Waals surface area contributed by atoms with Crippen molar-refractivity contribution >= 4 is 41.0 Å². The van der Waals surface area contributed by atoms with Crippen molar-refractivity contribution in [2.75, 3.05) is 6.54 Å². The molecule has 0 aliphatic carbocycles. The zero-order chi connectivity index (χ0) is 24.1. The number of nitrogens with zero attached hydrogens (tertiary/aromatic N) is 1. The van der Waals surface area contributed by atoms with Crippen molar-refractivity contribution in [1.29, 1.82) is 0 Å². The van der Waals surface area contributed by atoms with E-state index in [1.807, 2.05) is 44.2 Å². The van der Waals surface area contributed by atoms with E-state index >= 15 is 0 Å². The predicted molar refractivity (Wildman–Crippen MR) is 128 cm³/mol. The maximum Gasteiger partial charge on any atom is 0.304 e. The number of likely N-dealkylation sites (tertiary alicyclic amines) is 1. The monoisotopic (exact) mass is 490 g/mol. The highest BCUT2D eigenvalue weighted by Crippen LogP contribution is 2.47. The first-order valence-electron chi connectivity index (χ1n) is 11.1. The Morgan fingerprint density at radius 2 is 1.79 bits per heavy atom. The molecule has 8 heteroatoms. The summed E-state index contributed by atoms with van der Waals surface area (Å²) in [6.07, 6.45) is 0.427. The number of hydrogen-bond donors (Lipinski definition) is 2. The minimum atomic E-state index is -1.05. The molecule has 0 radical (unpaired) electrons. The highest BCUT2D eigenvalue weighted by atomic mass is 35.5. The van der Waals surface area contributed by atoms with Crippen LogP contribution in [0, 0.1) is 5.92 Å². The Hall–Kier alpha value is -2.57. The molecule has 0 saturated carbocycles. The molecule has 1 aliphatic heterocycles. The van der Waals surface area contributed by atoms with Crippen molar-refractivity contribution in [3.63, 3.8) is 0 Å². The number of likely N-dealkylation sites (N-methyl/N-ethyl adjacent to an activating group) is 1. The fraction of sp³-hybridized carbons (Fsp3) is 0.400. The summed E-state index contributed by atoms with van der Waals surface area (Å²) >= 11 is 12.4. The first-order chi connectivity index (χ1) is 15.8. The Balaban J connectivity index is 2.20. The molecule has 1 aliphatic rings. The molecule has 3 rings (SSSR count). The van der Waals surface area contributed by atoms with E-state index in [-0.39, 0.29) is 24.2 Å². The Kier molecular flexibility index (Phi) is 8.38. The number of piperidine rings is 1. The molecule has 0 spiro atoms. The minimum Gasteiger partial charge on any atom is -0.481 e. The Labute approximate surface area is 203 Å². The summed E-state index contributed by atoms with van der Waals surface area (Å²) in [6.45, 7) is 4.10. The minimum absolute atomic E-state index is 0.254. The molecule has 2 amide bonds. The quantitative estimate of drug-likeness (QED) is 0.541. The van der Waals surface area contributed by atoms with Gasteiger partial charge in [0.25, 0.3) is 0 Å². The lowest BCUT2D eigenvalue weighted by atomic mass is 9.74. The maximum absolute atomic E-state index is 13.7. The lowest BCUT2D eigenvalue weighted by Crippen LogP contribution is -2.56. The van der Waals surface area contributed by atoms with Gasteiger partial charge in [0.05, 0.1) is 12.5 Å². The lowest BCUT2D eigenvalue weighted by Gasteiger charge is -2.47. The second-order valence-corrected chi connectivity index (χ2v) is 9.13. The third kappa shape index (κ3) is 5.68. The van der Waals surface area contributed by atoms with E-state index in [0.717, 1.165) is 11.1 Å². The largest absolute Gasteiger partial charge is 0.481 e. The number of carbonyl (C=O) groups is 3. The van der Waals surface area contributed by atoms with Crippen LogP contribution in [-0.4, -0.2) is 40.4 Å². The first kappa shape index (κ1) is 25.1. The van der Waals surface area contributed by atoms with E-state index in [1.165, 1.54) is 0 Å². The number of carboxylic acids is 1. The summed E-state index contributed by atoms with van der Waals surface area (Å²) < 4.78 is 0. The van der Waals surface area contributed by atoms with Crippen molar-refractivity contribution in [1.82, 2.24) is 10.2 Å². The van der Waals surface area contributed by atoms with Gasteiger partial charge in [-0.1, -0.05) is 54.4 Å². The van der Waals surface area contributed by atoms with Crippen LogP contribution in [-0.2, 0) is 14.4 Å². The van der Waals surface area contributed by atoms with Crippen LogP contribution in [0.4, 0.5) is 0 Å². The molecule has 2 N–H and O–H groups in total.